The highest BCUT2D eigenvalue weighted by molar-refractivity contribution is 5.96. The highest BCUT2D eigenvalue weighted by atomic mass is 19.4. The summed E-state index contributed by atoms with van der Waals surface area (Å²) in [5.74, 6) is -3.66. The largest absolute Gasteiger partial charge is 0.480 e. The first-order valence-corrected chi connectivity index (χ1v) is 9.80. The number of β-lactam (4-membered cyclic amide) rings is 1. The Hall–Kier alpha value is -2.13. The van der Waals surface area contributed by atoms with Crippen LogP contribution in [-0.4, -0.2) is 51.6 Å². The third kappa shape index (κ3) is 4.72. The SMILES string of the molecule is O=C(O)C1[C@@H](Cc2ccccc2)C(=O)N1C(O)NC(C1CCCCC1)C(F)(F)F. The lowest BCUT2D eigenvalue weighted by Gasteiger charge is -2.48. The van der Waals surface area contributed by atoms with Gasteiger partial charge in [-0.25, -0.2) is 4.79 Å². The van der Waals surface area contributed by atoms with Crippen LogP contribution in [0.3, 0.4) is 0 Å². The second-order valence-corrected chi connectivity index (χ2v) is 7.78. The molecule has 1 amide bonds. The summed E-state index contributed by atoms with van der Waals surface area (Å²) in [6.07, 6.45) is -3.51. The van der Waals surface area contributed by atoms with Crippen molar-refractivity contribution >= 4 is 11.9 Å². The Labute approximate surface area is 166 Å². The summed E-state index contributed by atoms with van der Waals surface area (Å²) in [5, 5.41) is 21.9. The number of carbonyl (C=O) groups is 2. The van der Waals surface area contributed by atoms with Gasteiger partial charge in [-0.2, -0.15) is 13.2 Å². The minimum atomic E-state index is -4.61. The number of alkyl halides is 3. The molecule has 6 nitrogen and oxygen atoms in total. The second-order valence-electron chi connectivity index (χ2n) is 7.78. The second kappa shape index (κ2) is 8.71. The van der Waals surface area contributed by atoms with E-state index in [1.807, 2.05) is 0 Å². The van der Waals surface area contributed by atoms with Gasteiger partial charge < -0.3 is 10.2 Å². The maximum atomic E-state index is 13.6. The van der Waals surface area contributed by atoms with Crippen molar-refractivity contribution < 1.29 is 33.0 Å². The lowest BCUT2D eigenvalue weighted by atomic mass is 9.82. The number of nitrogens with one attached hydrogen (secondary N) is 1. The van der Waals surface area contributed by atoms with Crippen molar-refractivity contribution in [3.8, 4) is 0 Å². The summed E-state index contributed by atoms with van der Waals surface area (Å²) in [5.41, 5.74) is 0.745. The van der Waals surface area contributed by atoms with Gasteiger partial charge in [-0.1, -0.05) is 49.6 Å². The molecule has 2 aliphatic rings. The van der Waals surface area contributed by atoms with Gasteiger partial charge in [0.1, 0.15) is 12.1 Å². The number of aliphatic carboxylic acids is 1. The molecule has 3 unspecified atom stereocenters. The first-order valence-electron chi connectivity index (χ1n) is 9.80. The number of benzene rings is 1. The summed E-state index contributed by atoms with van der Waals surface area (Å²) < 4.78 is 40.7. The number of aliphatic hydroxyl groups excluding tert-OH is 1. The Morgan fingerprint density at radius 1 is 1.17 bits per heavy atom. The fourth-order valence-corrected chi connectivity index (χ4v) is 4.41. The third-order valence-electron chi connectivity index (χ3n) is 5.87. The van der Waals surface area contributed by atoms with E-state index >= 15 is 0 Å². The smallest absolute Gasteiger partial charge is 0.404 e. The minimum absolute atomic E-state index is 0.144. The molecule has 4 atom stereocenters. The van der Waals surface area contributed by atoms with Gasteiger partial charge in [-0.3, -0.25) is 15.0 Å². The van der Waals surface area contributed by atoms with Gasteiger partial charge in [0, 0.05) is 0 Å². The zero-order valence-electron chi connectivity index (χ0n) is 15.8. The van der Waals surface area contributed by atoms with Crippen molar-refractivity contribution in [3.63, 3.8) is 0 Å². The van der Waals surface area contributed by atoms with Crippen molar-refractivity contribution in [2.24, 2.45) is 11.8 Å². The first kappa shape index (κ1) is 21.6. The van der Waals surface area contributed by atoms with Crippen LogP contribution in [0.25, 0.3) is 0 Å². The van der Waals surface area contributed by atoms with Crippen molar-refractivity contribution in [2.75, 3.05) is 0 Å². The maximum Gasteiger partial charge on any atom is 0.404 e. The molecule has 1 heterocycles. The zero-order chi connectivity index (χ0) is 21.2. The Kier molecular flexibility index (Phi) is 6.48. The third-order valence-corrected chi connectivity index (χ3v) is 5.87. The number of rotatable bonds is 7. The minimum Gasteiger partial charge on any atom is -0.480 e. The van der Waals surface area contributed by atoms with E-state index in [1.165, 1.54) is 0 Å². The molecule has 3 N–H and O–H groups in total. The van der Waals surface area contributed by atoms with Crippen LogP contribution in [0, 0.1) is 11.8 Å². The van der Waals surface area contributed by atoms with Gasteiger partial charge in [-0.15, -0.1) is 0 Å². The number of carboxylic acid groups (broad SMARTS) is 1. The zero-order valence-corrected chi connectivity index (χ0v) is 15.8. The molecule has 1 saturated carbocycles. The number of nitrogens with zero attached hydrogens (tertiary/aromatic N) is 1. The maximum absolute atomic E-state index is 13.6. The van der Waals surface area contributed by atoms with Crippen LogP contribution in [0.1, 0.15) is 37.7 Å². The molecule has 1 aromatic carbocycles. The highest BCUT2D eigenvalue weighted by Gasteiger charge is 2.55. The number of halogens is 3. The van der Waals surface area contributed by atoms with Crippen LogP contribution in [0.5, 0.6) is 0 Å². The number of carboxylic acids is 1. The standard InChI is InChI=1S/C20H25F3N2O4/c21-20(22,23)16(13-9-5-2-6-10-13)24-19(29)25-15(18(27)28)14(17(25)26)11-12-7-3-1-4-8-12/h1,3-4,7-8,13-16,19,24,29H,2,5-6,9-11H2,(H,27,28)/t14-,15?,16?,19?/m1/s1. The Morgan fingerprint density at radius 2 is 1.79 bits per heavy atom. The molecule has 0 aromatic heterocycles. The molecule has 0 spiro atoms. The topological polar surface area (TPSA) is 89.9 Å². The van der Waals surface area contributed by atoms with Gasteiger partial charge in [0.2, 0.25) is 5.91 Å². The molecule has 0 bridgehead atoms. The molecule has 1 saturated heterocycles. The lowest BCUT2D eigenvalue weighted by Crippen LogP contribution is -2.72. The molecule has 2 fully saturated rings. The summed E-state index contributed by atoms with van der Waals surface area (Å²) in [6.45, 7) is 0. The van der Waals surface area contributed by atoms with Crippen LogP contribution in [0.2, 0.25) is 0 Å². The van der Waals surface area contributed by atoms with E-state index in [1.54, 1.807) is 30.3 Å². The predicted molar refractivity (Wildman–Crippen MR) is 97.5 cm³/mol. The first-order chi connectivity index (χ1) is 13.7. The number of amides is 1. The van der Waals surface area contributed by atoms with Crippen LogP contribution in [0.15, 0.2) is 30.3 Å². The molecule has 3 rings (SSSR count). The summed E-state index contributed by atoms with van der Waals surface area (Å²) >= 11 is 0. The van der Waals surface area contributed by atoms with Crippen molar-refractivity contribution in [2.45, 2.75) is 63.1 Å². The molecule has 9 heteroatoms. The Bertz CT molecular complexity index is 722. The number of likely N-dealkylation sites (tertiary alicyclic amines) is 1. The molecule has 29 heavy (non-hydrogen) atoms. The van der Waals surface area contributed by atoms with Crippen molar-refractivity contribution in [1.29, 1.82) is 0 Å². The van der Waals surface area contributed by atoms with Crippen molar-refractivity contribution in [1.82, 2.24) is 10.2 Å². The quantitative estimate of drug-likeness (QED) is 0.471. The molecule has 1 aliphatic heterocycles. The fourth-order valence-electron chi connectivity index (χ4n) is 4.41. The molecular formula is C20H25F3N2O4. The number of hydrogen-bond acceptors (Lipinski definition) is 4. The normalized spacial score (nSPS) is 25.4. The molecule has 160 valence electrons. The van der Waals surface area contributed by atoms with Crippen molar-refractivity contribution in [3.05, 3.63) is 35.9 Å². The fraction of sp³-hybridized carbons (Fsp3) is 0.600. The molecular weight excluding hydrogens is 389 g/mol. The number of hydrogen-bond donors (Lipinski definition) is 3. The Morgan fingerprint density at radius 3 is 2.34 bits per heavy atom. The predicted octanol–water partition coefficient (Wildman–Crippen LogP) is 2.52. The van der Waals surface area contributed by atoms with E-state index < -0.39 is 48.3 Å². The number of carbonyl (C=O) groups excluding carboxylic acids is 1. The highest BCUT2D eigenvalue weighted by Crippen LogP contribution is 2.36. The van der Waals surface area contributed by atoms with Crippen LogP contribution in [0.4, 0.5) is 13.2 Å². The Balaban J connectivity index is 1.72. The van der Waals surface area contributed by atoms with Gasteiger partial charge >= 0.3 is 12.1 Å². The van der Waals surface area contributed by atoms with E-state index in [4.69, 9.17) is 0 Å². The van der Waals surface area contributed by atoms with Crippen LogP contribution >= 0.6 is 0 Å². The molecule has 1 aliphatic carbocycles. The van der Waals surface area contributed by atoms with Gasteiger partial charge in [-0.05, 0) is 30.7 Å². The van der Waals surface area contributed by atoms with E-state index in [0.29, 0.717) is 30.6 Å². The van der Waals surface area contributed by atoms with Crippen LogP contribution in [-0.2, 0) is 16.0 Å². The average Bonchev–Trinajstić information content (AvgIpc) is 2.68. The van der Waals surface area contributed by atoms with E-state index in [9.17, 15) is 33.0 Å². The van der Waals surface area contributed by atoms with Gasteiger partial charge in [0.15, 0.2) is 6.35 Å². The summed E-state index contributed by atoms with van der Waals surface area (Å²) in [6, 6.07) is 5.39. The average molecular weight is 414 g/mol. The number of aliphatic hydroxyl groups is 1. The lowest BCUT2D eigenvalue weighted by molar-refractivity contribution is -0.209. The van der Waals surface area contributed by atoms with E-state index in [2.05, 4.69) is 5.32 Å². The van der Waals surface area contributed by atoms with E-state index in [0.717, 1.165) is 12.0 Å². The molecule has 0 radical (unpaired) electrons. The van der Waals surface area contributed by atoms with Gasteiger partial charge in [0.25, 0.3) is 0 Å². The van der Waals surface area contributed by atoms with Gasteiger partial charge in [0.05, 0.1) is 5.92 Å². The van der Waals surface area contributed by atoms with Crippen LogP contribution < -0.4 is 5.32 Å². The summed E-state index contributed by atoms with van der Waals surface area (Å²) in [4.78, 5) is 24.8. The van der Waals surface area contributed by atoms with E-state index in [-0.39, 0.29) is 6.42 Å². The molecule has 1 aromatic rings. The summed E-state index contributed by atoms with van der Waals surface area (Å²) in [7, 11) is 0. The monoisotopic (exact) mass is 414 g/mol.